The number of thiophene rings is 1. The van der Waals surface area contributed by atoms with Crippen LogP contribution in [-0.4, -0.2) is 27.8 Å². The van der Waals surface area contributed by atoms with Gasteiger partial charge in [-0.2, -0.15) is 13.2 Å². The first-order valence-electron chi connectivity index (χ1n) is 10.1. The molecule has 0 radical (unpaired) electrons. The minimum absolute atomic E-state index is 0.0616. The Morgan fingerprint density at radius 1 is 1.28 bits per heavy atom. The SMILES string of the molecule is C=CCNC(=O)CSc1nc2sc3c(c2c(=O)n1-c1ccccc1C(F)(F)F)CCCC3. The highest BCUT2D eigenvalue weighted by molar-refractivity contribution is 7.99. The molecule has 0 bridgehead atoms. The van der Waals surface area contributed by atoms with Gasteiger partial charge in [-0.05, 0) is 43.4 Å². The van der Waals surface area contributed by atoms with Crippen LogP contribution >= 0.6 is 23.1 Å². The molecule has 1 aliphatic carbocycles. The molecule has 1 aromatic carbocycles. The van der Waals surface area contributed by atoms with E-state index in [0.29, 0.717) is 16.6 Å². The van der Waals surface area contributed by atoms with E-state index in [1.807, 2.05) is 0 Å². The largest absolute Gasteiger partial charge is 0.418 e. The van der Waals surface area contributed by atoms with Crippen molar-refractivity contribution >= 4 is 39.2 Å². The van der Waals surface area contributed by atoms with Crippen molar-refractivity contribution in [1.29, 1.82) is 0 Å². The van der Waals surface area contributed by atoms with Crippen molar-refractivity contribution in [3.05, 3.63) is 63.3 Å². The number of thioether (sulfide) groups is 1. The lowest BCUT2D eigenvalue weighted by Crippen LogP contribution is -2.27. The molecule has 168 valence electrons. The number of nitrogens with one attached hydrogen (secondary N) is 1. The lowest BCUT2D eigenvalue weighted by molar-refractivity contribution is -0.137. The van der Waals surface area contributed by atoms with Crippen LogP contribution in [0.2, 0.25) is 0 Å². The van der Waals surface area contributed by atoms with E-state index in [1.54, 1.807) is 0 Å². The van der Waals surface area contributed by atoms with Gasteiger partial charge in [0.25, 0.3) is 5.56 Å². The fourth-order valence-electron chi connectivity index (χ4n) is 3.77. The van der Waals surface area contributed by atoms with E-state index < -0.39 is 17.3 Å². The van der Waals surface area contributed by atoms with Gasteiger partial charge in [0.2, 0.25) is 5.91 Å². The molecule has 10 heteroatoms. The summed E-state index contributed by atoms with van der Waals surface area (Å²) >= 11 is 2.36. The smallest absolute Gasteiger partial charge is 0.352 e. The summed E-state index contributed by atoms with van der Waals surface area (Å²) in [5, 5.41) is 3.07. The second-order valence-electron chi connectivity index (χ2n) is 7.32. The van der Waals surface area contributed by atoms with Gasteiger partial charge < -0.3 is 5.32 Å². The molecule has 1 aliphatic rings. The fraction of sp³-hybridized carbons (Fsp3) is 0.318. The highest BCUT2D eigenvalue weighted by atomic mass is 32.2. The predicted molar refractivity (Wildman–Crippen MR) is 121 cm³/mol. The number of alkyl halides is 3. The summed E-state index contributed by atoms with van der Waals surface area (Å²) in [6.07, 6.45) is 0.360. The summed E-state index contributed by atoms with van der Waals surface area (Å²) in [6, 6.07) is 4.94. The number of hydrogen-bond donors (Lipinski definition) is 1. The van der Waals surface area contributed by atoms with Gasteiger partial charge in [-0.25, -0.2) is 4.98 Å². The third-order valence-electron chi connectivity index (χ3n) is 5.18. The maximum Gasteiger partial charge on any atom is 0.418 e. The zero-order valence-corrected chi connectivity index (χ0v) is 18.6. The van der Waals surface area contributed by atoms with Gasteiger partial charge in [0.05, 0.1) is 22.4 Å². The predicted octanol–water partition coefficient (Wildman–Crippen LogP) is 4.74. The molecule has 1 amide bonds. The maximum atomic E-state index is 13.8. The average Bonchev–Trinajstić information content (AvgIpc) is 3.14. The topological polar surface area (TPSA) is 64.0 Å². The van der Waals surface area contributed by atoms with Crippen LogP contribution in [0.4, 0.5) is 13.2 Å². The summed E-state index contributed by atoms with van der Waals surface area (Å²) in [5.74, 6) is -0.421. The zero-order valence-electron chi connectivity index (χ0n) is 17.0. The Hall–Kier alpha value is -2.59. The minimum Gasteiger partial charge on any atom is -0.352 e. The van der Waals surface area contributed by atoms with Crippen LogP contribution in [0.5, 0.6) is 0 Å². The van der Waals surface area contributed by atoms with Gasteiger partial charge >= 0.3 is 6.18 Å². The van der Waals surface area contributed by atoms with Crippen LogP contribution in [0.1, 0.15) is 28.8 Å². The Morgan fingerprint density at radius 3 is 2.78 bits per heavy atom. The van der Waals surface area contributed by atoms with Crippen LogP contribution in [0.25, 0.3) is 15.9 Å². The molecule has 0 saturated carbocycles. The fourth-order valence-corrected chi connectivity index (χ4v) is 5.91. The van der Waals surface area contributed by atoms with Gasteiger partial charge in [0.1, 0.15) is 4.83 Å². The number of carbonyl (C=O) groups excluding carboxylic acids is 1. The van der Waals surface area contributed by atoms with Gasteiger partial charge in [-0.1, -0.05) is 30.0 Å². The van der Waals surface area contributed by atoms with Gasteiger partial charge in [0.15, 0.2) is 5.16 Å². The summed E-state index contributed by atoms with van der Waals surface area (Å²) in [7, 11) is 0. The summed E-state index contributed by atoms with van der Waals surface area (Å²) in [6.45, 7) is 3.80. The van der Waals surface area contributed by atoms with Crippen molar-refractivity contribution < 1.29 is 18.0 Å². The quantitative estimate of drug-likeness (QED) is 0.315. The van der Waals surface area contributed by atoms with E-state index in [2.05, 4.69) is 16.9 Å². The van der Waals surface area contributed by atoms with E-state index >= 15 is 0 Å². The molecule has 0 fully saturated rings. The second kappa shape index (κ2) is 9.11. The summed E-state index contributed by atoms with van der Waals surface area (Å²) in [4.78, 5) is 31.8. The molecular weight excluding hydrogens is 459 g/mol. The Bertz CT molecular complexity index is 1250. The van der Waals surface area contributed by atoms with Crippen LogP contribution in [0, 0.1) is 0 Å². The first-order valence-corrected chi connectivity index (χ1v) is 11.9. The third-order valence-corrected chi connectivity index (χ3v) is 7.31. The molecule has 2 heterocycles. The molecule has 0 unspecified atom stereocenters. The van der Waals surface area contributed by atoms with Gasteiger partial charge in [-0.15, -0.1) is 17.9 Å². The summed E-state index contributed by atoms with van der Waals surface area (Å²) in [5.41, 5.74) is -0.846. The Labute approximate surface area is 190 Å². The van der Waals surface area contributed by atoms with Crippen molar-refractivity contribution in [2.24, 2.45) is 0 Å². The number of benzene rings is 1. The molecule has 0 spiro atoms. The Kier molecular flexibility index (Phi) is 6.43. The number of nitrogens with zero attached hydrogens (tertiary/aromatic N) is 2. The molecule has 4 rings (SSSR count). The van der Waals surface area contributed by atoms with Crippen LogP contribution < -0.4 is 10.9 Å². The number of rotatable bonds is 6. The zero-order chi connectivity index (χ0) is 22.9. The lowest BCUT2D eigenvalue weighted by Gasteiger charge is -2.17. The van der Waals surface area contributed by atoms with Crippen molar-refractivity contribution in [2.75, 3.05) is 12.3 Å². The van der Waals surface area contributed by atoms with Crippen molar-refractivity contribution in [2.45, 2.75) is 37.0 Å². The minimum atomic E-state index is -4.65. The molecule has 1 N–H and O–H groups in total. The Balaban J connectivity index is 1.91. The number of hydrogen-bond acceptors (Lipinski definition) is 5. The third kappa shape index (κ3) is 4.33. The monoisotopic (exact) mass is 479 g/mol. The number of fused-ring (bicyclic) bond motifs is 3. The molecular formula is C22H20F3N3O2S2. The second-order valence-corrected chi connectivity index (χ2v) is 9.35. The van der Waals surface area contributed by atoms with Crippen molar-refractivity contribution in [3.8, 4) is 5.69 Å². The first kappa shape index (κ1) is 22.6. The van der Waals surface area contributed by atoms with E-state index in [-0.39, 0.29) is 29.0 Å². The number of halogens is 3. The highest BCUT2D eigenvalue weighted by Crippen LogP contribution is 2.37. The van der Waals surface area contributed by atoms with E-state index in [4.69, 9.17) is 0 Å². The number of para-hydroxylation sites is 1. The van der Waals surface area contributed by atoms with Gasteiger partial charge in [-0.3, -0.25) is 14.2 Å². The number of amides is 1. The molecule has 32 heavy (non-hydrogen) atoms. The Morgan fingerprint density at radius 2 is 2.03 bits per heavy atom. The molecule has 5 nitrogen and oxygen atoms in total. The summed E-state index contributed by atoms with van der Waals surface area (Å²) < 4.78 is 42.3. The first-order chi connectivity index (χ1) is 15.3. The van der Waals surface area contributed by atoms with Crippen LogP contribution in [0.3, 0.4) is 0 Å². The number of aromatic nitrogens is 2. The lowest BCUT2D eigenvalue weighted by atomic mass is 9.97. The standard InChI is InChI=1S/C22H20F3N3O2S2/c1-2-11-26-17(29)12-31-21-27-19-18(13-7-3-6-10-16(13)32-19)20(30)28(21)15-9-5-4-8-14(15)22(23,24)25/h2,4-5,8-9H,1,3,6-7,10-12H2,(H,26,29). The number of aryl methyl sites for hydroxylation is 2. The van der Waals surface area contributed by atoms with E-state index in [0.717, 1.165) is 52.1 Å². The molecule has 2 aromatic heterocycles. The van der Waals surface area contributed by atoms with Crippen LogP contribution in [0.15, 0.2) is 46.9 Å². The van der Waals surface area contributed by atoms with Crippen molar-refractivity contribution in [3.63, 3.8) is 0 Å². The van der Waals surface area contributed by atoms with Gasteiger partial charge in [0, 0.05) is 11.4 Å². The average molecular weight is 480 g/mol. The molecule has 0 aliphatic heterocycles. The maximum absolute atomic E-state index is 13.8. The highest BCUT2D eigenvalue weighted by Gasteiger charge is 2.35. The van der Waals surface area contributed by atoms with E-state index in [9.17, 15) is 22.8 Å². The normalized spacial score (nSPS) is 13.7. The molecule has 0 atom stereocenters. The van der Waals surface area contributed by atoms with E-state index in [1.165, 1.54) is 35.6 Å². The van der Waals surface area contributed by atoms with Crippen molar-refractivity contribution in [1.82, 2.24) is 14.9 Å². The number of carbonyl (C=O) groups is 1. The molecule has 3 aromatic rings. The molecule has 0 saturated heterocycles. The van der Waals surface area contributed by atoms with Crippen LogP contribution in [-0.2, 0) is 23.8 Å².